The summed E-state index contributed by atoms with van der Waals surface area (Å²) in [4.78, 5) is 15.6. The Morgan fingerprint density at radius 3 is 2.23 bits per heavy atom. The Balaban J connectivity index is 1.77. The number of nitrogens with one attached hydrogen (secondary N) is 1. The van der Waals surface area contributed by atoms with Gasteiger partial charge in [-0.15, -0.1) is 11.8 Å². The van der Waals surface area contributed by atoms with Crippen LogP contribution in [0.5, 0.6) is 0 Å². The number of rotatable bonds is 9. The van der Waals surface area contributed by atoms with E-state index in [9.17, 15) is 4.79 Å². The van der Waals surface area contributed by atoms with Gasteiger partial charge < -0.3 is 5.32 Å². The van der Waals surface area contributed by atoms with Crippen molar-refractivity contribution in [3.05, 3.63) is 64.7 Å². The third kappa shape index (κ3) is 6.50. The monoisotopic (exact) mass is 370 g/mol. The third-order valence-corrected chi connectivity index (χ3v) is 5.66. The molecule has 2 aromatic carbocycles. The summed E-state index contributed by atoms with van der Waals surface area (Å²) < 4.78 is 0. The van der Waals surface area contributed by atoms with E-state index in [2.05, 4.69) is 80.4 Å². The molecule has 26 heavy (non-hydrogen) atoms. The molecule has 0 spiro atoms. The van der Waals surface area contributed by atoms with Gasteiger partial charge in [-0.25, -0.2) is 0 Å². The number of carbonyl (C=O) groups excluding carboxylic acids is 1. The lowest BCUT2D eigenvalue weighted by Crippen LogP contribution is -2.24. The van der Waals surface area contributed by atoms with E-state index < -0.39 is 0 Å². The van der Waals surface area contributed by atoms with Gasteiger partial charge >= 0.3 is 0 Å². The number of hydrogen-bond donors (Lipinski definition) is 1. The molecule has 0 aliphatic heterocycles. The molecule has 140 valence electrons. The summed E-state index contributed by atoms with van der Waals surface area (Å²) in [5.74, 6) is 0.517. The van der Waals surface area contributed by atoms with Crippen LogP contribution in [0, 0.1) is 13.8 Å². The quantitative estimate of drug-likeness (QED) is 0.657. The lowest BCUT2D eigenvalue weighted by Gasteiger charge is -2.18. The van der Waals surface area contributed by atoms with Crippen LogP contribution in [-0.4, -0.2) is 29.6 Å². The van der Waals surface area contributed by atoms with Gasteiger partial charge in [0.1, 0.15) is 0 Å². The first-order chi connectivity index (χ1) is 12.5. The summed E-state index contributed by atoms with van der Waals surface area (Å²) in [6.07, 6.45) is 0. The highest BCUT2D eigenvalue weighted by Gasteiger charge is 2.05. The fourth-order valence-electron chi connectivity index (χ4n) is 2.67. The lowest BCUT2D eigenvalue weighted by atomic mass is 10.1. The van der Waals surface area contributed by atoms with Crippen LogP contribution in [0.1, 0.15) is 36.1 Å². The van der Waals surface area contributed by atoms with E-state index in [0.717, 1.165) is 30.1 Å². The van der Waals surface area contributed by atoms with Crippen molar-refractivity contribution in [3.63, 3.8) is 0 Å². The summed E-state index contributed by atoms with van der Waals surface area (Å²) >= 11 is 1.58. The van der Waals surface area contributed by atoms with Gasteiger partial charge in [0.15, 0.2) is 0 Å². The molecule has 0 aliphatic carbocycles. The summed E-state index contributed by atoms with van der Waals surface area (Å²) in [6.45, 7) is 12.3. The zero-order valence-electron chi connectivity index (χ0n) is 16.3. The number of nitrogens with zero attached hydrogens (tertiary/aromatic N) is 1. The van der Waals surface area contributed by atoms with Crippen molar-refractivity contribution in [3.8, 4) is 0 Å². The largest absolute Gasteiger partial charge is 0.351 e. The van der Waals surface area contributed by atoms with Crippen molar-refractivity contribution < 1.29 is 4.79 Å². The molecule has 0 unspecified atom stereocenters. The molecule has 0 aliphatic rings. The molecule has 0 atom stereocenters. The molecule has 0 saturated carbocycles. The van der Waals surface area contributed by atoms with Gasteiger partial charge in [-0.05, 0) is 61.3 Å². The minimum absolute atomic E-state index is 0.0699. The second kappa shape index (κ2) is 10.4. The maximum absolute atomic E-state index is 12.1. The Hall–Kier alpha value is -1.78. The number of benzene rings is 2. The third-order valence-electron chi connectivity index (χ3n) is 4.66. The lowest BCUT2D eigenvalue weighted by molar-refractivity contribution is -0.118. The van der Waals surface area contributed by atoms with Gasteiger partial charge in [0, 0.05) is 18.0 Å². The van der Waals surface area contributed by atoms with E-state index in [1.54, 1.807) is 11.8 Å². The SMILES string of the molecule is CCN(CC)Cc1ccc(CNC(=O)CSc2ccc(C)c(C)c2)cc1. The van der Waals surface area contributed by atoms with E-state index in [0.29, 0.717) is 12.3 Å². The molecule has 0 saturated heterocycles. The van der Waals surface area contributed by atoms with Gasteiger partial charge in [-0.2, -0.15) is 0 Å². The Morgan fingerprint density at radius 2 is 1.62 bits per heavy atom. The predicted molar refractivity (Wildman–Crippen MR) is 112 cm³/mol. The first-order valence-electron chi connectivity index (χ1n) is 9.28. The predicted octanol–water partition coefficient (Wildman–Crippen LogP) is 4.55. The number of aryl methyl sites for hydroxylation is 2. The molecule has 0 aromatic heterocycles. The normalized spacial score (nSPS) is 11.0. The summed E-state index contributed by atoms with van der Waals surface area (Å²) in [7, 11) is 0. The van der Waals surface area contributed by atoms with Gasteiger partial charge in [0.2, 0.25) is 5.91 Å². The Labute approximate surface area is 162 Å². The van der Waals surface area contributed by atoms with Crippen LogP contribution in [0.4, 0.5) is 0 Å². The Bertz CT molecular complexity index is 709. The maximum Gasteiger partial charge on any atom is 0.230 e. The first-order valence-corrected chi connectivity index (χ1v) is 10.3. The maximum atomic E-state index is 12.1. The van der Waals surface area contributed by atoms with E-state index in [4.69, 9.17) is 0 Å². The van der Waals surface area contributed by atoms with Crippen LogP contribution in [0.2, 0.25) is 0 Å². The fraction of sp³-hybridized carbons (Fsp3) is 0.409. The summed E-state index contributed by atoms with van der Waals surface area (Å²) in [5.41, 5.74) is 5.00. The minimum Gasteiger partial charge on any atom is -0.351 e. The van der Waals surface area contributed by atoms with Crippen LogP contribution >= 0.6 is 11.8 Å². The minimum atomic E-state index is 0.0699. The second-order valence-electron chi connectivity index (χ2n) is 6.59. The van der Waals surface area contributed by atoms with E-state index in [1.807, 2.05) is 0 Å². The van der Waals surface area contributed by atoms with E-state index in [1.165, 1.54) is 16.7 Å². The molecule has 3 nitrogen and oxygen atoms in total. The average Bonchev–Trinajstić information content (AvgIpc) is 2.66. The summed E-state index contributed by atoms with van der Waals surface area (Å²) in [6, 6.07) is 14.9. The molecule has 2 aromatic rings. The van der Waals surface area contributed by atoms with Gasteiger partial charge in [-0.3, -0.25) is 9.69 Å². The molecule has 0 fully saturated rings. The number of carbonyl (C=O) groups is 1. The molecule has 4 heteroatoms. The summed E-state index contributed by atoms with van der Waals surface area (Å²) in [5, 5.41) is 3.01. The Morgan fingerprint density at radius 1 is 0.962 bits per heavy atom. The highest BCUT2D eigenvalue weighted by molar-refractivity contribution is 8.00. The molecule has 1 amide bonds. The first kappa shape index (κ1) is 20.5. The highest BCUT2D eigenvalue weighted by Crippen LogP contribution is 2.20. The van der Waals surface area contributed by atoms with Crippen molar-refractivity contribution in [1.82, 2.24) is 10.2 Å². The number of hydrogen-bond acceptors (Lipinski definition) is 3. The van der Waals surface area contributed by atoms with Crippen molar-refractivity contribution >= 4 is 17.7 Å². The van der Waals surface area contributed by atoms with E-state index >= 15 is 0 Å². The topological polar surface area (TPSA) is 32.3 Å². The fourth-order valence-corrected chi connectivity index (χ4v) is 3.50. The van der Waals surface area contributed by atoms with Crippen LogP contribution in [0.25, 0.3) is 0 Å². The smallest absolute Gasteiger partial charge is 0.230 e. The molecule has 0 heterocycles. The van der Waals surface area contributed by atoms with Crippen LogP contribution < -0.4 is 5.32 Å². The Kier molecular flexibility index (Phi) is 8.20. The molecule has 0 bridgehead atoms. The molecule has 0 radical (unpaired) electrons. The molecule has 1 N–H and O–H groups in total. The molecule has 2 rings (SSSR count). The van der Waals surface area contributed by atoms with Gasteiger partial charge in [-0.1, -0.05) is 44.2 Å². The zero-order chi connectivity index (χ0) is 18.9. The molecular formula is C22H30N2OS. The van der Waals surface area contributed by atoms with Crippen molar-refractivity contribution in [1.29, 1.82) is 0 Å². The van der Waals surface area contributed by atoms with Crippen LogP contribution in [0.15, 0.2) is 47.4 Å². The number of thioether (sulfide) groups is 1. The van der Waals surface area contributed by atoms with Crippen molar-refractivity contribution in [2.45, 2.75) is 45.7 Å². The van der Waals surface area contributed by atoms with Crippen molar-refractivity contribution in [2.24, 2.45) is 0 Å². The molecular weight excluding hydrogens is 340 g/mol. The average molecular weight is 371 g/mol. The standard InChI is InChI=1S/C22H30N2OS/c1-5-24(6-2)15-20-10-8-19(9-11-20)14-23-22(25)16-26-21-12-7-17(3)18(4)13-21/h7-13H,5-6,14-16H2,1-4H3,(H,23,25). The van der Waals surface area contributed by atoms with Gasteiger partial charge in [0.05, 0.1) is 5.75 Å². The van der Waals surface area contributed by atoms with Crippen molar-refractivity contribution in [2.75, 3.05) is 18.8 Å². The van der Waals surface area contributed by atoms with Crippen LogP contribution in [0.3, 0.4) is 0 Å². The van der Waals surface area contributed by atoms with Gasteiger partial charge in [0.25, 0.3) is 0 Å². The number of amides is 1. The van der Waals surface area contributed by atoms with E-state index in [-0.39, 0.29) is 5.91 Å². The second-order valence-corrected chi connectivity index (χ2v) is 7.64. The van der Waals surface area contributed by atoms with Crippen LogP contribution in [-0.2, 0) is 17.9 Å². The highest BCUT2D eigenvalue weighted by atomic mass is 32.2. The zero-order valence-corrected chi connectivity index (χ0v) is 17.2.